The van der Waals surface area contributed by atoms with E-state index in [-0.39, 0.29) is 5.41 Å². The Kier molecular flexibility index (Phi) is 3.67. The highest BCUT2D eigenvalue weighted by Gasteiger charge is 2.33. The van der Waals surface area contributed by atoms with E-state index in [4.69, 9.17) is 9.47 Å². The van der Waals surface area contributed by atoms with E-state index in [1.54, 1.807) is 7.11 Å². The molecule has 2 unspecified atom stereocenters. The van der Waals surface area contributed by atoms with E-state index >= 15 is 0 Å². The summed E-state index contributed by atoms with van der Waals surface area (Å²) in [5.41, 5.74) is 2.78. The molecule has 1 aliphatic rings. The van der Waals surface area contributed by atoms with Gasteiger partial charge in [-0.2, -0.15) is 0 Å². The third-order valence-corrected chi connectivity index (χ3v) is 3.63. The average molecular weight is 248 g/mol. The summed E-state index contributed by atoms with van der Waals surface area (Å²) in [6.07, 6.45) is 3.15. The lowest BCUT2D eigenvalue weighted by molar-refractivity contribution is 0.370. The zero-order valence-corrected chi connectivity index (χ0v) is 12.1. The summed E-state index contributed by atoms with van der Waals surface area (Å²) in [5, 5.41) is 0. The predicted octanol–water partition coefficient (Wildman–Crippen LogP) is 3.71. The van der Waals surface area contributed by atoms with Crippen LogP contribution in [-0.4, -0.2) is 19.3 Å². The maximum absolute atomic E-state index is 5.46. The lowest BCUT2D eigenvalue weighted by Gasteiger charge is -2.23. The van der Waals surface area contributed by atoms with Gasteiger partial charge in [-0.25, -0.2) is 0 Å². The first kappa shape index (κ1) is 13.4. The zero-order chi connectivity index (χ0) is 13.3. The number of ether oxygens (including phenoxy) is 2. The molecule has 1 saturated heterocycles. The second-order valence-corrected chi connectivity index (χ2v) is 6.20. The van der Waals surface area contributed by atoms with Crippen molar-refractivity contribution in [2.45, 2.75) is 58.2 Å². The van der Waals surface area contributed by atoms with Crippen molar-refractivity contribution in [3.05, 3.63) is 29.3 Å². The number of rotatable bonds is 4. The molecule has 0 N–H and O–H groups in total. The van der Waals surface area contributed by atoms with Gasteiger partial charge in [0.05, 0.1) is 19.3 Å². The maximum Gasteiger partial charge on any atom is 0.122 e. The van der Waals surface area contributed by atoms with Crippen molar-refractivity contribution in [3.8, 4) is 5.75 Å². The fraction of sp³-hybridized carbons (Fsp3) is 0.625. The van der Waals surface area contributed by atoms with Crippen LogP contribution in [0.1, 0.15) is 45.2 Å². The van der Waals surface area contributed by atoms with E-state index in [2.05, 4.69) is 45.9 Å². The molecule has 2 nitrogen and oxygen atoms in total. The van der Waals surface area contributed by atoms with E-state index in [0.29, 0.717) is 12.2 Å². The number of methoxy groups -OCH3 is 1. The molecule has 1 aliphatic heterocycles. The van der Waals surface area contributed by atoms with E-state index in [1.165, 1.54) is 11.1 Å². The molecule has 1 fully saturated rings. The Hall–Kier alpha value is -1.02. The molecule has 0 amide bonds. The highest BCUT2D eigenvalue weighted by molar-refractivity contribution is 5.41. The van der Waals surface area contributed by atoms with Gasteiger partial charge in [0.1, 0.15) is 5.75 Å². The monoisotopic (exact) mass is 248 g/mol. The summed E-state index contributed by atoms with van der Waals surface area (Å²) >= 11 is 0. The Morgan fingerprint density at radius 1 is 1.28 bits per heavy atom. The number of hydrogen-bond donors (Lipinski definition) is 0. The largest absolute Gasteiger partial charge is 0.496 e. The number of hydrogen-bond acceptors (Lipinski definition) is 2. The third kappa shape index (κ3) is 3.05. The topological polar surface area (TPSA) is 21.8 Å². The van der Waals surface area contributed by atoms with Gasteiger partial charge < -0.3 is 9.47 Å². The molecule has 0 radical (unpaired) electrons. The van der Waals surface area contributed by atoms with Crippen molar-refractivity contribution in [1.82, 2.24) is 0 Å². The van der Waals surface area contributed by atoms with Crippen molar-refractivity contribution >= 4 is 0 Å². The van der Waals surface area contributed by atoms with Crippen LogP contribution >= 0.6 is 0 Å². The minimum Gasteiger partial charge on any atom is -0.496 e. The smallest absolute Gasteiger partial charge is 0.122 e. The molecular formula is C16H24O2. The number of epoxide rings is 1. The summed E-state index contributed by atoms with van der Waals surface area (Å²) in [5.74, 6) is 0.988. The van der Waals surface area contributed by atoms with Crippen LogP contribution in [0.15, 0.2) is 18.2 Å². The van der Waals surface area contributed by atoms with E-state index in [0.717, 1.165) is 18.6 Å². The predicted molar refractivity (Wildman–Crippen MR) is 74.4 cm³/mol. The van der Waals surface area contributed by atoms with Crippen LogP contribution in [0, 0.1) is 0 Å². The van der Waals surface area contributed by atoms with Crippen LogP contribution in [0.2, 0.25) is 0 Å². The zero-order valence-electron chi connectivity index (χ0n) is 12.1. The molecule has 0 aromatic heterocycles. The highest BCUT2D eigenvalue weighted by Crippen LogP contribution is 2.33. The fourth-order valence-corrected chi connectivity index (χ4v) is 2.34. The lowest BCUT2D eigenvalue weighted by Crippen LogP contribution is -2.13. The van der Waals surface area contributed by atoms with Crippen LogP contribution in [0.3, 0.4) is 0 Å². The minimum atomic E-state index is 0.116. The van der Waals surface area contributed by atoms with Gasteiger partial charge >= 0.3 is 0 Å². The van der Waals surface area contributed by atoms with Gasteiger partial charge in [0.15, 0.2) is 0 Å². The first-order chi connectivity index (χ1) is 8.41. The molecule has 0 spiro atoms. The summed E-state index contributed by atoms with van der Waals surface area (Å²) in [7, 11) is 1.74. The molecule has 0 aliphatic carbocycles. The molecule has 0 saturated carbocycles. The Morgan fingerprint density at radius 2 is 1.94 bits per heavy atom. The summed E-state index contributed by atoms with van der Waals surface area (Å²) in [6.45, 7) is 8.81. The lowest BCUT2D eigenvalue weighted by atomic mass is 9.85. The van der Waals surface area contributed by atoms with Gasteiger partial charge in [0.25, 0.3) is 0 Å². The molecule has 100 valence electrons. The van der Waals surface area contributed by atoms with Gasteiger partial charge in [-0.15, -0.1) is 0 Å². The van der Waals surface area contributed by atoms with Gasteiger partial charge in [0.2, 0.25) is 0 Å². The second kappa shape index (κ2) is 4.93. The van der Waals surface area contributed by atoms with Crippen molar-refractivity contribution < 1.29 is 9.47 Å². The van der Waals surface area contributed by atoms with Crippen molar-refractivity contribution in [2.75, 3.05) is 7.11 Å². The Morgan fingerprint density at radius 3 is 2.44 bits per heavy atom. The molecule has 2 rings (SSSR count). The van der Waals surface area contributed by atoms with Crippen molar-refractivity contribution in [1.29, 1.82) is 0 Å². The molecule has 0 bridgehead atoms. The van der Waals surface area contributed by atoms with Crippen molar-refractivity contribution in [3.63, 3.8) is 0 Å². The van der Waals surface area contributed by atoms with E-state index < -0.39 is 0 Å². The first-order valence-corrected chi connectivity index (χ1v) is 6.74. The number of benzene rings is 1. The standard InChI is InChI=1S/C16H24O2/c1-11-14(18-11)8-6-12-7-9-15(17-5)13(10-12)16(2,3)4/h7,9-11,14H,6,8H2,1-5H3. The molecular weight excluding hydrogens is 224 g/mol. The fourth-order valence-electron chi connectivity index (χ4n) is 2.34. The van der Waals surface area contributed by atoms with Gasteiger partial charge in [-0.1, -0.05) is 32.9 Å². The van der Waals surface area contributed by atoms with Crippen LogP contribution in [0.4, 0.5) is 0 Å². The summed E-state index contributed by atoms with van der Waals surface area (Å²) in [6, 6.07) is 6.54. The Balaban J connectivity index is 2.12. The number of aryl methyl sites for hydroxylation is 1. The molecule has 2 heteroatoms. The van der Waals surface area contributed by atoms with Gasteiger partial charge in [-0.05, 0) is 42.4 Å². The van der Waals surface area contributed by atoms with Gasteiger partial charge in [0, 0.05) is 0 Å². The normalized spacial score (nSPS) is 22.9. The molecule has 2 atom stereocenters. The maximum atomic E-state index is 5.46. The van der Waals surface area contributed by atoms with Crippen LogP contribution in [-0.2, 0) is 16.6 Å². The molecule has 18 heavy (non-hydrogen) atoms. The summed E-state index contributed by atoms with van der Waals surface area (Å²) < 4.78 is 10.9. The van der Waals surface area contributed by atoms with Crippen LogP contribution < -0.4 is 4.74 Å². The average Bonchev–Trinajstić information content (AvgIpc) is 3.01. The van der Waals surface area contributed by atoms with Gasteiger partial charge in [-0.3, -0.25) is 0 Å². The van der Waals surface area contributed by atoms with Crippen LogP contribution in [0.5, 0.6) is 5.75 Å². The summed E-state index contributed by atoms with van der Waals surface area (Å²) in [4.78, 5) is 0. The molecule has 1 heterocycles. The van der Waals surface area contributed by atoms with Crippen LogP contribution in [0.25, 0.3) is 0 Å². The Labute approximate surface area is 110 Å². The van der Waals surface area contributed by atoms with E-state index in [1.807, 2.05) is 0 Å². The SMILES string of the molecule is COc1ccc(CCC2OC2C)cc1C(C)(C)C. The second-order valence-electron chi connectivity index (χ2n) is 6.20. The van der Waals surface area contributed by atoms with Crippen molar-refractivity contribution in [2.24, 2.45) is 0 Å². The first-order valence-electron chi connectivity index (χ1n) is 6.74. The minimum absolute atomic E-state index is 0.116. The molecule has 1 aromatic carbocycles. The highest BCUT2D eigenvalue weighted by atomic mass is 16.6. The Bertz CT molecular complexity index is 418. The molecule has 1 aromatic rings. The quantitative estimate of drug-likeness (QED) is 0.758. The van der Waals surface area contributed by atoms with E-state index in [9.17, 15) is 0 Å². The third-order valence-electron chi connectivity index (χ3n) is 3.63.